The molecule has 3 nitrogen and oxygen atoms in total. The van der Waals surface area contributed by atoms with Crippen molar-refractivity contribution < 1.29 is 4.79 Å². The van der Waals surface area contributed by atoms with Crippen molar-refractivity contribution in [2.75, 3.05) is 0 Å². The van der Waals surface area contributed by atoms with Gasteiger partial charge in [-0.05, 0) is 44.0 Å². The van der Waals surface area contributed by atoms with Gasteiger partial charge in [0.1, 0.15) is 9.21 Å². The van der Waals surface area contributed by atoms with Crippen LogP contribution in [0.5, 0.6) is 0 Å². The molecular formula is C6H4Br2N2O. The third kappa shape index (κ3) is 2.27. The second-order valence-corrected chi connectivity index (χ2v) is 3.49. The second kappa shape index (κ2) is 3.32. The van der Waals surface area contributed by atoms with Crippen molar-refractivity contribution in [3.05, 3.63) is 26.9 Å². The van der Waals surface area contributed by atoms with E-state index < -0.39 is 5.91 Å². The first kappa shape index (κ1) is 8.67. The normalized spacial score (nSPS) is 9.64. The van der Waals surface area contributed by atoms with Crippen LogP contribution in [0.2, 0.25) is 0 Å². The number of pyridine rings is 1. The highest BCUT2D eigenvalue weighted by atomic mass is 79.9. The van der Waals surface area contributed by atoms with E-state index in [0.29, 0.717) is 14.8 Å². The quantitative estimate of drug-likeness (QED) is 0.796. The van der Waals surface area contributed by atoms with E-state index in [-0.39, 0.29) is 0 Å². The van der Waals surface area contributed by atoms with Crippen LogP contribution in [-0.2, 0) is 0 Å². The molecule has 1 aromatic rings. The van der Waals surface area contributed by atoms with Crippen LogP contribution in [0.4, 0.5) is 0 Å². The summed E-state index contributed by atoms with van der Waals surface area (Å²) in [4.78, 5) is 14.6. The molecule has 11 heavy (non-hydrogen) atoms. The van der Waals surface area contributed by atoms with Gasteiger partial charge in [0.15, 0.2) is 0 Å². The fraction of sp³-hybridized carbons (Fsp3) is 0. The summed E-state index contributed by atoms with van der Waals surface area (Å²) < 4.78 is 1.17. The number of carbonyl (C=O) groups excluding carboxylic acids is 1. The number of amides is 1. The molecule has 0 radical (unpaired) electrons. The van der Waals surface area contributed by atoms with Gasteiger partial charge < -0.3 is 5.73 Å². The minimum absolute atomic E-state index is 0.429. The molecule has 0 saturated carbocycles. The lowest BCUT2D eigenvalue weighted by Crippen LogP contribution is -2.11. The molecule has 0 bridgehead atoms. The largest absolute Gasteiger partial charge is 0.366 e. The summed E-state index contributed by atoms with van der Waals surface area (Å²) >= 11 is 6.26. The number of halogens is 2. The molecule has 5 heteroatoms. The topological polar surface area (TPSA) is 56.0 Å². The van der Waals surface area contributed by atoms with Crippen molar-refractivity contribution in [3.63, 3.8) is 0 Å². The molecule has 58 valence electrons. The van der Waals surface area contributed by atoms with Gasteiger partial charge in [0.2, 0.25) is 5.91 Å². The highest BCUT2D eigenvalue weighted by Crippen LogP contribution is 2.14. The molecule has 1 aromatic heterocycles. The van der Waals surface area contributed by atoms with Crippen molar-refractivity contribution in [1.29, 1.82) is 0 Å². The van der Waals surface area contributed by atoms with E-state index in [1.165, 1.54) is 0 Å². The van der Waals surface area contributed by atoms with Gasteiger partial charge in [-0.1, -0.05) is 0 Å². The predicted octanol–water partition coefficient (Wildman–Crippen LogP) is 1.71. The third-order valence-electron chi connectivity index (χ3n) is 1.05. The van der Waals surface area contributed by atoms with Crippen LogP contribution in [0, 0.1) is 0 Å². The maximum atomic E-state index is 10.7. The standard InChI is InChI=1S/C6H4Br2N2O/c7-4-1-3(6(9)11)2-5(8)10-4/h1-2H,(H2,9,11). The molecule has 0 fully saturated rings. The Morgan fingerprint density at radius 2 is 1.82 bits per heavy atom. The molecular weight excluding hydrogens is 276 g/mol. The lowest BCUT2D eigenvalue weighted by atomic mass is 10.3. The summed E-state index contributed by atoms with van der Waals surface area (Å²) in [5.41, 5.74) is 5.47. The monoisotopic (exact) mass is 278 g/mol. The Morgan fingerprint density at radius 3 is 2.18 bits per heavy atom. The van der Waals surface area contributed by atoms with Gasteiger partial charge in [-0.25, -0.2) is 4.98 Å². The lowest BCUT2D eigenvalue weighted by molar-refractivity contribution is 0.1000. The molecule has 0 unspecified atom stereocenters. The number of aromatic nitrogens is 1. The number of carbonyl (C=O) groups is 1. The zero-order valence-electron chi connectivity index (χ0n) is 5.34. The van der Waals surface area contributed by atoms with Crippen molar-refractivity contribution in [1.82, 2.24) is 4.98 Å². The van der Waals surface area contributed by atoms with Crippen LogP contribution in [0.1, 0.15) is 10.4 Å². The van der Waals surface area contributed by atoms with Crippen molar-refractivity contribution >= 4 is 37.8 Å². The Labute approximate surface area is 80.3 Å². The van der Waals surface area contributed by atoms with E-state index in [4.69, 9.17) is 5.73 Å². The number of nitrogens with zero attached hydrogens (tertiary/aromatic N) is 1. The first-order chi connectivity index (χ1) is 5.09. The SMILES string of the molecule is NC(=O)c1cc(Br)nc(Br)c1. The van der Waals surface area contributed by atoms with Crippen LogP contribution in [-0.4, -0.2) is 10.9 Å². The molecule has 0 aromatic carbocycles. The van der Waals surface area contributed by atoms with Gasteiger partial charge in [-0.2, -0.15) is 0 Å². The molecule has 0 atom stereocenters. The highest BCUT2D eigenvalue weighted by molar-refractivity contribution is 9.11. The second-order valence-electron chi connectivity index (χ2n) is 1.87. The molecule has 0 aliphatic heterocycles. The average Bonchev–Trinajstić information content (AvgIpc) is 1.85. The number of primary amides is 1. The first-order valence-electron chi connectivity index (χ1n) is 2.72. The van der Waals surface area contributed by atoms with Gasteiger partial charge in [0.05, 0.1) is 0 Å². The summed E-state index contributed by atoms with van der Waals surface area (Å²) in [6, 6.07) is 3.13. The van der Waals surface area contributed by atoms with Gasteiger partial charge >= 0.3 is 0 Å². The minimum atomic E-state index is -0.464. The molecule has 1 heterocycles. The summed E-state index contributed by atoms with van der Waals surface area (Å²) in [7, 11) is 0. The lowest BCUT2D eigenvalue weighted by Gasteiger charge is -1.96. The van der Waals surface area contributed by atoms with Gasteiger partial charge in [0, 0.05) is 5.56 Å². The van der Waals surface area contributed by atoms with Crippen molar-refractivity contribution in [2.24, 2.45) is 5.73 Å². The van der Waals surface area contributed by atoms with E-state index in [1.54, 1.807) is 12.1 Å². The fourth-order valence-corrected chi connectivity index (χ4v) is 1.72. The molecule has 1 amide bonds. The summed E-state index contributed by atoms with van der Waals surface area (Å²) in [6.07, 6.45) is 0. The van der Waals surface area contributed by atoms with Gasteiger partial charge in [0.25, 0.3) is 0 Å². The van der Waals surface area contributed by atoms with Crippen molar-refractivity contribution in [3.8, 4) is 0 Å². The fourth-order valence-electron chi connectivity index (χ4n) is 0.607. The van der Waals surface area contributed by atoms with Crippen LogP contribution >= 0.6 is 31.9 Å². The maximum Gasteiger partial charge on any atom is 0.248 e. The van der Waals surface area contributed by atoms with Crippen LogP contribution < -0.4 is 5.73 Å². The molecule has 0 saturated heterocycles. The van der Waals surface area contributed by atoms with E-state index in [2.05, 4.69) is 36.8 Å². The third-order valence-corrected chi connectivity index (χ3v) is 1.86. The first-order valence-corrected chi connectivity index (χ1v) is 4.31. The molecule has 0 aliphatic carbocycles. The number of rotatable bonds is 1. The Kier molecular flexibility index (Phi) is 2.62. The summed E-state index contributed by atoms with van der Waals surface area (Å²) in [5, 5.41) is 0. The molecule has 0 spiro atoms. The smallest absolute Gasteiger partial charge is 0.248 e. The van der Waals surface area contributed by atoms with E-state index in [1.807, 2.05) is 0 Å². The zero-order chi connectivity index (χ0) is 8.43. The number of hydrogen-bond acceptors (Lipinski definition) is 2. The molecule has 0 aliphatic rings. The Hall–Kier alpha value is -0.420. The maximum absolute atomic E-state index is 10.7. The molecule has 2 N–H and O–H groups in total. The minimum Gasteiger partial charge on any atom is -0.366 e. The highest BCUT2D eigenvalue weighted by Gasteiger charge is 2.02. The Morgan fingerprint density at radius 1 is 1.36 bits per heavy atom. The van der Waals surface area contributed by atoms with E-state index >= 15 is 0 Å². The van der Waals surface area contributed by atoms with Gasteiger partial charge in [-0.3, -0.25) is 4.79 Å². The van der Waals surface area contributed by atoms with Crippen LogP contribution in [0.25, 0.3) is 0 Å². The zero-order valence-corrected chi connectivity index (χ0v) is 8.52. The summed E-state index contributed by atoms with van der Waals surface area (Å²) in [6.45, 7) is 0. The van der Waals surface area contributed by atoms with E-state index in [9.17, 15) is 4.79 Å². The Bertz CT molecular complexity index is 280. The Balaban J connectivity index is 3.19. The number of hydrogen-bond donors (Lipinski definition) is 1. The van der Waals surface area contributed by atoms with Crippen LogP contribution in [0.15, 0.2) is 21.3 Å². The number of nitrogens with two attached hydrogens (primary N) is 1. The van der Waals surface area contributed by atoms with E-state index in [0.717, 1.165) is 0 Å². The summed E-state index contributed by atoms with van der Waals surface area (Å²) in [5.74, 6) is -0.464. The van der Waals surface area contributed by atoms with Crippen LogP contribution in [0.3, 0.4) is 0 Å². The van der Waals surface area contributed by atoms with Gasteiger partial charge in [-0.15, -0.1) is 0 Å². The average molecular weight is 280 g/mol. The predicted molar refractivity (Wildman–Crippen MR) is 48.2 cm³/mol. The van der Waals surface area contributed by atoms with Crippen molar-refractivity contribution in [2.45, 2.75) is 0 Å². The molecule has 1 rings (SSSR count).